The second-order valence-corrected chi connectivity index (χ2v) is 24.6. The van der Waals surface area contributed by atoms with E-state index in [9.17, 15) is 14.7 Å². The molecule has 1 aromatic carbocycles. The minimum absolute atomic E-state index is 0.151. The highest BCUT2D eigenvalue weighted by Crippen LogP contribution is 2.50. The number of halogens is 1. The summed E-state index contributed by atoms with van der Waals surface area (Å²) in [7, 11) is -5.55. The maximum atomic E-state index is 13.3. The van der Waals surface area contributed by atoms with Crippen LogP contribution in [0.4, 0.5) is 0 Å². The zero-order valence-corrected chi connectivity index (χ0v) is 30.8. The van der Waals surface area contributed by atoms with Gasteiger partial charge in [0, 0.05) is 18.4 Å². The van der Waals surface area contributed by atoms with Gasteiger partial charge in [-0.15, -0.1) is 5.73 Å². The zero-order valence-electron chi connectivity index (χ0n) is 28.0. The fourth-order valence-corrected chi connectivity index (χ4v) is 7.48. The van der Waals surface area contributed by atoms with Gasteiger partial charge >= 0.3 is 11.0 Å². The average Bonchev–Trinajstić information content (AvgIpc) is 3.22. The fraction of sp³-hybridized carbons (Fsp3) is 0.618. The van der Waals surface area contributed by atoms with Crippen molar-refractivity contribution in [3.63, 3.8) is 0 Å². The maximum Gasteiger partial charge on any atom is 0.370 e. The van der Waals surface area contributed by atoms with Crippen LogP contribution in [0, 0.1) is 11.8 Å². The smallest absolute Gasteiger partial charge is 0.370 e. The number of carbonyl (C=O) groups excluding carboxylic acids is 1. The summed E-state index contributed by atoms with van der Waals surface area (Å²) in [6.07, 6.45) is 10.3. The van der Waals surface area contributed by atoms with Crippen molar-refractivity contribution in [2.24, 2.45) is 11.8 Å². The predicted molar refractivity (Wildman–Crippen MR) is 181 cm³/mol. The molecular formula is C34H53ClO6Si2. The molecule has 1 saturated carbocycles. The van der Waals surface area contributed by atoms with Crippen molar-refractivity contribution in [3.8, 4) is 5.75 Å². The van der Waals surface area contributed by atoms with Crippen LogP contribution >= 0.6 is 11.6 Å². The van der Waals surface area contributed by atoms with Crippen molar-refractivity contribution in [3.05, 3.63) is 60.4 Å². The molecule has 1 unspecified atom stereocenters. The zero-order chi connectivity index (χ0) is 32.9. The number of ether oxygens (including phenoxy) is 1. The molecule has 2 rings (SSSR count). The Kier molecular flexibility index (Phi) is 12.1. The number of carbonyl (C=O) groups is 2. The van der Waals surface area contributed by atoms with Gasteiger partial charge < -0.3 is 18.7 Å². The lowest BCUT2D eigenvalue weighted by molar-refractivity contribution is -0.197. The van der Waals surface area contributed by atoms with Gasteiger partial charge in [-0.3, -0.25) is 4.79 Å². The van der Waals surface area contributed by atoms with Crippen LogP contribution < -0.4 is 4.74 Å². The first-order valence-corrected chi connectivity index (χ1v) is 21.5. The standard InChI is InChI=1S/C34H53ClO6Si2/c1-12-13-19-26-23-24-29(36)28(26)22-17-18-25-33(40-42(8,9)31(2,3)4,41-43(10,11)32(5,6)7)34(35,30(37)38)39-27-20-15-14-16-21-27/h13-17,19-21,25-26,28H,12,22-24H2,1-11H3,(H,37,38)/b19-13+/t18?,26-,28+,34?/m0/s1/i40+0,41+0. The lowest BCUT2D eigenvalue weighted by atomic mass is 9.91. The van der Waals surface area contributed by atoms with Crippen LogP contribution in [0.15, 0.2) is 60.4 Å². The third-order valence-electron chi connectivity index (χ3n) is 9.19. The summed E-state index contributed by atoms with van der Waals surface area (Å²) in [5.74, 6) is -2.98. The fourth-order valence-electron chi connectivity index (χ4n) is 4.43. The number of hydrogen-bond donors (Lipinski definition) is 1. The largest absolute Gasteiger partial charge is 0.477 e. The van der Waals surface area contributed by atoms with Crippen molar-refractivity contribution < 1.29 is 28.3 Å². The molecule has 0 aliphatic heterocycles. The predicted octanol–water partition coefficient (Wildman–Crippen LogP) is 9.49. The summed E-state index contributed by atoms with van der Waals surface area (Å²) >= 11 is 7.18. The molecule has 1 aromatic rings. The number of carboxylic acids is 1. The molecule has 0 heterocycles. The maximum absolute atomic E-state index is 13.3. The highest BCUT2D eigenvalue weighted by atomic mass is 35.5. The Morgan fingerprint density at radius 3 is 2.02 bits per heavy atom. The summed E-state index contributed by atoms with van der Waals surface area (Å²) in [4.78, 5) is 26.0. The molecule has 6 nitrogen and oxygen atoms in total. The van der Waals surface area contributed by atoms with Crippen molar-refractivity contribution in [2.75, 3.05) is 0 Å². The van der Waals surface area contributed by atoms with Crippen LogP contribution in [0.25, 0.3) is 0 Å². The number of aliphatic carboxylic acids is 1. The SMILES string of the molecule is CC/C=C/[C@H]1CCC(=O)[C@@H]1CC=C=CC([16O][Si](C)(C)C(C)(C)C)([16O][Si](C)(C)C(C)(C)C)C(Cl)(Oc1ccccc1)C(=O)O. The molecule has 1 N–H and O–H groups in total. The van der Waals surface area contributed by atoms with E-state index in [1.807, 2.05) is 32.3 Å². The third kappa shape index (κ3) is 8.83. The van der Waals surface area contributed by atoms with E-state index in [1.165, 1.54) is 6.08 Å². The highest BCUT2D eigenvalue weighted by Gasteiger charge is 2.65. The molecule has 0 aromatic heterocycles. The summed E-state index contributed by atoms with van der Waals surface area (Å²) in [6, 6.07) is 8.61. The molecular weight excluding hydrogens is 596 g/mol. The molecule has 0 spiro atoms. The molecule has 0 radical (unpaired) electrons. The molecule has 3 atom stereocenters. The Hall–Kier alpha value is -1.94. The van der Waals surface area contributed by atoms with E-state index in [-0.39, 0.29) is 33.4 Å². The van der Waals surface area contributed by atoms with Crippen LogP contribution in [0.3, 0.4) is 0 Å². The van der Waals surface area contributed by atoms with E-state index in [4.69, 9.17) is 25.2 Å². The minimum Gasteiger partial charge on any atom is -0.477 e. The van der Waals surface area contributed by atoms with Gasteiger partial charge in [-0.1, -0.05) is 90.4 Å². The minimum atomic E-state index is -2.77. The third-order valence-corrected chi connectivity index (χ3v) is 18.5. The first-order valence-electron chi connectivity index (χ1n) is 15.3. The van der Waals surface area contributed by atoms with Gasteiger partial charge in [0.15, 0.2) is 16.6 Å². The van der Waals surface area contributed by atoms with Gasteiger partial charge in [-0.05, 0) is 79.7 Å². The second kappa shape index (κ2) is 14.0. The van der Waals surface area contributed by atoms with Crippen LogP contribution in [-0.2, 0) is 18.4 Å². The summed E-state index contributed by atoms with van der Waals surface area (Å²) in [5, 5.41) is 7.68. The van der Waals surface area contributed by atoms with Gasteiger partial charge in [0.1, 0.15) is 11.5 Å². The number of ketones is 1. The van der Waals surface area contributed by atoms with Crippen LogP contribution in [0.1, 0.15) is 74.1 Å². The highest BCUT2D eigenvalue weighted by molar-refractivity contribution is 6.75. The van der Waals surface area contributed by atoms with Crippen molar-refractivity contribution in [1.29, 1.82) is 0 Å². The summed E-state index contributed by atoms with van der Waals surface area (Å²) < 4.78 is 20.1. The number of rotatable bonds is 13. The number of hydrogen-bond acceptors (Lipinski definition) is 5. The quantitative estimate of drug-likeness (QED) is 0.0754. The van der Waals surface area contributed by atoms with Crippen molar-refractivity contribution in [1.82, 2.24) is 0 Å². The summed E-state index contributed by atoms with van der Waals surface area (Å²) in [6.45, 7) is 22.6. The Labute approximate surface area is 266 Å². The van der Waals surface area contributed by atoms with E-state index in [0.717, 1.165) is 12.8 Å². The Bertz CT molecular complexity index is 1180. The molecule has 43 heavy (non-hydrogen) atoms. The molecule has 9 heteroatoms. The van der Waals surface area contributed by atoms with Crippen molar-refractivity contribution >= 4 is 40.0 Å². The number of allylic oxidation sites excluding steroid dienone is 2. The Morgan fingerprint density at radius 1 is 1.02 bits per heavy atom. The van der Waals surface area contributed by atoms with E-state index < -0.39 is 33.5 Å². The van der Waals surface area contributed by atoms with Crippen LogP contribution in [0.2, 0.25) is 36.3 Å². The monoisotopic (exact) mass is 648 g/mol. The first-order chi connectivity index (χ1) is 19.6. The summed E-state index contributed by atoms with van der Waals surface area (Å²) in [5.41, 5.74) is 3.19. The molecule has 1 aliphatic carbocycles. The van der Waals surface area contributed by atoms with Gasteiger partial charge in [-0.2, -0.15) is 0 Å². The van der Waals surface area contributed by atoms with Crippen molar-refractivity contribution in [2.45, 2.75) is 121 Å². The Balaban J connectivity index is 2.82. The van der Waals surface area contributed by atoms with E-state index in [2.05, 4.69) is 66.3 Å². The normalized spacial score (nSPS) is 20.0. The molecule has 0 amide bonds. The lowest BCUT2D eigenvalue weighted by Gasteiger charge is -2.52. The Morgan fingerprint density at radius 2 is 1.56 bits per heavy atom. The van der Waals surface area contributed by atoms with E-state index in [1.54, 1.807) is 30.3 Å². The topological polar surface area (TPSA) is 82.1 Å². The molecule has 0 bridgehead atoms. The first kappa shape index (κ1) is 37.3. The van der Waals surface area contributed by atoms with Gasteiger partial charge in [-0.25, -0.2) is 4.79 Å². The van der Waals surface area contributed by atoms with E-state index >= 15 is 0 Å². The number of para-hydroxylation sites is 1. The van der Waals surface area contributed by atoms with Crippen LogP contribution in [0.5, 0.6) is 5.75 Å². The molecule has 240 valence electrons. The number of Topliss-reactive ketones (excluding diaryl/α,β-unsaturated/α-hetero) is 1. The van der Waals surface area contributed by atoms with Gasteiger partial charge in [0.2, 0.25) is 5.79 Å². The second-order valence-electron chi connectivity index (χ2n) is 14.6. The van der Waals surface area contributed by atoms with Crippen LogP contribution in [-0.4, -0.2) is 44.3 Å². The average molecular weight is 649 g/mol. The van der Waals surface area contributed by atoms with Gasteiger partial charge in [0.25, 0.3) is 0 Å². The number of carboxylic acid groups (broad SMARTS) is 1. The molecule has 1 aliphatic rings. The van der Waals surface area contributed by atoms with Gasteiger partial charge in [0.05, 0.1) is 0 Å². The lowest BCUT2D eigenvalue weighted by Crippen LogP contribution is -2.68. The van der Waals surface area contributed by atoms with E-state index in [0.29, 0.717) is 12.8 Å². The number of benzene rings is 1. The molecule has 1 fully saturated rings. The molecule has 0 saturated heterocycles. The number of alkyl halides is 1.